The quantitative estimate of drug-likeness (QED) is 0.684. The topological polar surface area (TPSA) is 52.7 Å². The van der Waals surface area contributed by atoms with Gasteiger partial charge >= 0.3 is 0 Å². The average Bonchev–Trinajstić information content (AvgIpc) is 3.27. The van der Waals surface area contributed by atoms with E-state index < -0.39 is 12.0 Å². The maximum Gasteiger partial charge on any atom is 0.253 e. The first-order valence-corrected chi connectivity index (χ1v) is 10.2. The summed E-state index contributed by atoms with van der Waals surface area (Å²) in [6, 6.07) is 26.7. The molecule has 3 atom stereocenters. The normalized spacial score (nSPS) is 23.8. The zero-order chi connectivity index (χ0) is 20.7. The molecule has 0 aliphatic carbocycles. The van der Waals surface area contributed by atoms with Crippen molar-refractivity contribution in [3.63, 3.8) is 0 Å². The Hall–Kier alpha value is -3.28. The van der Waals surface area contributed by atoms with E-state index in [0.29, 0.717) is 12.2 Å². The van der Waals surface area contributed by atoms with Crippen molar-refractivity contribution in [2.45, 2.75) is 25.6 Å². The summed E-state index contributed by atoms with van der Waals surface area (Å²) in [4.78, 5) is 28.4. The highest BCUT2D eigenvalue weighted by Crippen LogP contribution is 2.42. The Kier molecular flexibility index (Phi) is 4.69. The fourth-order valence-corrected chi connectivity index (χ4v) is 4.48. The van der Waals surface area contributed by atoms with Gasteiger partial charge in [-0.25, -0.2) is 15.3 Å². The summed E-state index contributed by atoms with van der Waals surface area (Å²) < 4.78 is 0. The van der Waals surface area contributed by atoms with Crippen LogP contribution in [0.25, 0.3) is 0 Å². The fraction of sp³-hybridized carbons (Fsp3) is 0.200. The van der Waals surface area contributed by atoms with Crippen LogP contribution in [0.2, 0.25) is 0 Å². The van der Waals surface area contributed by atoms with E-state index in [1.54, 1.807) is 0 Å². The molecule has 3 aromatic rings. The first-order valence-electron chi connectivity index (χ1n) is 10.2. The van der Waals surface area contributed by atoms with Crippen LogP contribution in [0.4, 0.5) is 5.69 Å². The molecule has 0 spiro atoms. The summed E-state index contributed by atoms with van der Waals surface area (Å²) in [7, 11) is 0. The zero-order valence-electron chi connectivity index (χ0n) is 16.7. The van der Waals surface area contributed by atoms with Crippen LogP contribution in [0.5, 0.6) is 0 Å². The molecule has 30 heavy (non-hydrogen) atoms. The van der Waals surface area contributed by atoms with Crippen LogP contribution in [-0.2, 0) is 16.1 Å². The number of imide groups is 1. The third-order valence-corrected chi connectivity index (χ3v) is 5.97. The predicted octanol–water partition coefficient (Wildman–Crippen LogP) is 3.61. The number of benzene rings is 3. The van der Waals surface area contributed by atoms with E-state index >= 15 is 0 Å². The van der Waals surface area contributed by atoms with E-state index in [1.165, 1.54) is 4.90 Å². The van der Waals surface area contributed by atoms with Gasteiger partial charge in [-0.15, -0.1) is 0 Å². The number of nitrogens with zero attached hydrogens (tertiary/aromatic N) is 2. The summed E-state index contributed by atoms with van der Waals surface area (Å²) in [5, 5.41) is 1.94. The standard InChI is InChI=1S/C25H23N3O2/c1-17-12-14-20(15-13-17)28-24(29)21-22(19-10-6-3-7-11-19)26-27(23(21)25(28)30)16-18-8-4-2-5-9-18/h2-15,21-23,26H,16H2,1H3/t21-,22-,23-/m1/s1. The highest BCUT2D eigenvalue weighted by molar-refractivity contribution is 6.24. The number of hydrogen-bond acceptors (Lipinski definition) is 4. The Balaban J connectivity index is 1.53. The van der Waals surface area contributed by atoms with E-state index in [0.717, 1.165) is 16.7 Å². The highest BCUT2D eigenvalue weighted by atomic mass is 16.2. The van der Waals surface area contributed by atoms with Crippen molar-refractivity contribution in [2.24, 2.45) is 5.92 Å². The maximum atomic E-state index is 13.5. The van der Waals surface area contributed by atoms with Crippen LogP contribution >= 0.6 is 0 Å². The number of carbonyl (C=O) groups is 2. The monoisotopic (exact) mass is 397 g/mol. The Morgan fingerprint density at radius 1 is 0.800 bits per heavy atom. The first kappa shape index (κ1) is 18.7. The molecule has 2 fully saturated rings. The summed E-state index contributed by atoms with van der Waals surface area (Å²) in [5.41, 5.74) is 7.29. The van der Waals surface area contributed by atoms with E-state index in [1.807, 2.05) is 96.9 Å². The summed E-state index contributed by atoms with van der Waals surface area (Å²) >= 11 is 0. The number of amides is 2. The number of hydrogen-bond donors (Lipinski definition) is 1. The number of aryl methyl sites for hydroxylation is 1. The molecule has 2 amide bonds. The molecule has 5 rings (SSSR count). The van der Waals surface area contributed by atoms with Crippen molar-refractivity contribution in [3.05, 3.63) is 102 Å². The number of fused-ring (bicyclic) bond motifs is 1. The highest BCUT2D eigenvalue weighted by Gasteiger charge is 2.58. The second kappa shape index (κ2) is 7.52. The third kappa shape index (κ3) is 3.12. The number of anilines is 1. The molecule has 2 aliphatic rings. The molecule has 0 bridgehead atoms. The lowest BCUT2D eigenvalue weighted by molar-refractivity contribution is -0.124. The average molecular weight is 397 g/mol. The summed E-state index contributed by atoms with van der Waals surface area (Å²) in [6.07, 6.45) is 0. The lowest BCUT2D eigenvalue weighted by Crippen LogP contribution is -2.45. The molecule has 5 nitrogen and oxygen atoms in total. The molecule has 0 unspecified atom stereocenters. The van der Waals surface area contributed by atoms with Gasteiger partial charge in [-0.3, -0.25) is 9.59 Å². The second-order valence-corrected chi connectivity index (χ2v) is 7.95. The number of hydrazine groups is 1. The molecular formula is C25H23N3O2. The number of carbonyl (C=O) groups excluding carboxylic acids is 2. The first-order chi connectivity index (χ1) is 14.6. The Morgan fingerprint density at radius 3 is 2.10 bits per heavy atom. The molecule has 2 heterocycles. The Morgan fingerprint density at radius 2 is 1.43 bits per heavy atom. The molecule has 1 N–H and O–H groups in total. The Bertz CT molecular complexity index is 1070. The molecule has 0 radical (unpaired) electrons. The van der Waals surface area contributed by atoms with E-state index in [9.17, 15) is 9.59 Å². The minimum Gasteiger partial charge on any atom is -0.274 e. The largest absolute Gasteiger partial charge is 0.274 e. The van der Waals surface area contributed by atoms with E-state index in [4.69, 9.17) is 0 Å². The van der Waals surface area contributed by atoms with Gasteiger partial charge < -0.3 is 0 Å². The number of rotatable bonds is 4. The van der Waals surface area contributed by atoms with E-state index in [-0.39, 0.29) is 17.9 Å². The van der Waals surface area contributed by atoms with Crippen molar-refractivity contribution < 1.29 is 9.59 Å². The molecule has 2 aliphatic heterocycles. The van der Waals surface area contributed by atoms with Gasteiger partial charge in [-0.2, -0.15) is 0 Å². The maximum absolute atomic E-state index is 13.5. The predicted molar refractivity (Wildman–Crippen MR) is 115 cm³/mol. The molecule has 0 saturated carbocycles. The van der Waals surface area contributed by atoms with Crippen molar-refractivity contribution in [2.75, 3.05) is 4.90 Å². The van der Waals surface area contributed by atoms with Gasteiger partial charge in [-0.1, -0.05) is 78.4 Å². The zero-order valence-corrected chi connectivity index (χ0v) is 16.7. The minimum absolute atomic E-state index is 0.147. The van der Waals surface area contributed by atoms with Gasteiger partial charge in [0.05, 0.1) is 17.6 Å². The van der Waals surface area contributed by atoms with Gasteiger partial charge in [-0.05, 0) is 30.2 Å². The molecule has 150 valence electrons. The molecule has 2 saturated heterocycles. The van der Waals surface area contributed by atoms with Crippen LogP contribution in [0, 0.1) is 12.8 Å². The summed E-state index contributed by atoms with van der Waals surface area (Å²) in [5.74, 6) is -0.786. The van der Waals surface area contributed by atoms with Gasteiger partial charge in [0.25, 0.3) is 5.91 Å². The van der Waals surface area contributed by atoms with Crippen LogP contribution in [0.1, 0.15) is 22.7 Å². The molecule has 3 aromatic carbocycles. The van der Waals surface area contributed by atoms with Gasteiger partial charge in [0.15, 0.2) is 0 Å². The molecular weight excluding hydrogens is 374 g/mol. The second-order valence-electron chi connectivity index (χ2n) is 7.95. The molecule has 5 heteroatoms. The van der Waals surface area contributed by atoms with Gasteiger partial charge in [0, 0.05) is 6.54 Å². The van der Waals surface area contributed by atoms with E-state index in [2.05, 4.69) is 5.43 Å². The lowest BCUT2D eigenvalue weighted by atomic mass is 9.91. The van der Waals surface area contributed by atoms with Crippen molar-refractivity contribution in [1.29, 1.82) is 0 Å². The van der Waals surface area contributed by atoms with Crippen molar-refractivity contribution in [1.82, 2.24) is 10.4 Å². The lowest BCUT2D eigenvalue weighted by Gasteiger charge is -2.25. The number of nitrogens with one attached hydrogen (secondary N) is 1. The smallest absolute Gasteiger partial charge is 0.253 e. The minimum atomic E-state index is -0.538. The van der Waals surface area contributed by atoms with Crippen molar-refractivity contribution in [3.8, 4) is 0 Å². The van der Waals surface area contributed by atoms with Crippen LogP contribution in [-0.4, -0.2) is 22.9 Å². The van der Waals surface area contributed by atoms with Gasteiger partial charge in [0.1, 0.15) is 6.04 Å². The van der Waals surface area contributed by atoms with Crippen LogP contribution in [0.15, 0.2) is 84.9 Å². The van der Waals surface area contributed by atoms with Gasteiger partial charge in [0.2, 0.25) is 5.91 Å². The fourth-order valence-electron chi connectivity index (χ4n) is 4.48. The molecule has 0 aromatic heterocycles. The third-order valence-electron chi connectivity index (χ3n) is 5.97. The SMILES string of the molecule is Cc1ccc(N2C(=O)[C@@H]3[C@@H](c4ccccc4)NN(Cc4ccccc4)[C@H]3C2=O)cc1. The summed E-state index contributed by atoms with van der Waals surface area (Å²) in [6.45, 7) is 2.54. The Labute approximate surface area is 175 Å². The van der Waals surface area contributed by atoms with Crippen LogP contribution < -0.4 is 10.3 Å². The van der Waals surface area contributed by atoms with Crippen molar-refractivity contribution >= 4 is 17.5 Å². The van der Waals surface area contributed by atoms with Crippen LogP contribution in [0.3, 0.4) is 0 Å².